The lowest BCUT2D eigenvalue weighted by molar-refractivity contribution is 0.147. The van der Waals surface area contributed by atoms with Crippen molar-refractivity contribution in [3.63, 3.8) is 0 Å². The van der Waals surface area contributed by atoms with Crippen molar-refractivity contribution in [1.29, 1.82) is 0 Å². The van der Waals surface area contributed by atoms with Gasteiger partial charge in [0.2, 0.25) is 3.79 Å². The number of carbonyl (C=O) groups excluding carboxylic acids is 1. The summed E-state index contributed by atoms with van der Waals surface area (Å²) in [5.74, 6) is 0. The number of nitrogens with one attached hydrogen (secondary N) is 3. The first-order chi connectivity index (χ1) is 10.6. The van der Waals surface area contributed by atoms with E-state index < -0.39 is 16.1 Å². The third-order valence-corrected chi connectivity index (χ3v) is 3.85. The number of thiocarbonyl (C=S) groups is 1. The lowest BCUT2D eigenvalue weighted by Crippen LogP contribution is -2.56. The molecule has 3 N–H and O–H groups in total. The molecule has 1 rings (SSSR count). The van der Waals surface area contributed by atoms with E-state index in [1.54, 1.807) is 25.1 Å². The molecular formula is C12H12Cl5N3O2S. The van der Waals surface area contributed by atoms with E-state index in [9.17, 15) is 4.79 Å². The minimum Gasteiger partial charge on any atom is -0.450 e. The number of hydrogen-bond donors (Lipinski definition) is 3. The monoisotopic (exact) mass is 437 g/mol. The van der Waals surface area contributed by atoms with E-state index >= 15 is 0 Å². The van der Waals surface area contributed by atoms with Crippen LogP contribution in [0.3, 0.4) is 0 Å². The number of alkyl carbamates (subject to hydrolysis) is 1. The van der Waals surface area contributed by atoms with Crippen LogP contribution in [-0.2, 0) is 4.74 Å². The van der Waals surface area contributed by atoms with Crippen molar-refractivity contribution < 1.29 is 9.53 Å². The zero-order chi connectivity index (χ0) is 17.6. The number of rotatable bonds is 4. The average Bonchev–Trinajstić information content (AvgIpc) is 2.41. The van der Waals surface area contributed by atoms with E-state index in [2.05, 4.69) is 16.0 Å². The summed E-state index contributed by atoms with van der Waals surface area (Å²) in [5, 5.41) is 8.50. The van der Waals surface area contributed by atoms with Gasteiger partial charge in [-0.2, -0.15) is 0 Å². The molecule has 0 bridgehead atoms. The average molecular weight is 440 g/mol. The predicted octanol–water partition coefficient (Wildman–Crippen LogP) is 4.72. The fourth-order valence-electron chi connectivity index (χ4n) is 1.39. The number of alkyl halides is 3. The topological polar surface area (TPSA) is 62.4 Å². The van der Waals surface area contributed by atoms with Crippen molar-refractivity contribution in [2.75, 3.05) is 11.9 Å². The highest BCUT2D eigenvalue weighted by Crippen LogP contribution is 2.31. The van der Waals surface area contributed by atoms with Crippen LogP contribution < -0.4 is 16.0 Å². The van der Waals surface area contributed by atoms with Crippen LogP contribution in [0, 0.1) is 0 Å². The Balaban J connectivity index is 2.79. The summed E-state index contributed by atoms with van der Waals surface area (Å²) in [6.45, 7) is 1.80. The Morgan fingerprint density at radius 3 is 2.30 bits per heavy atom. The van der Waals surface area contributed by atoms with Gasteiger partial charge in [0.05, 0.1) is 22.3 Å². The number of para-hydroxylation sites is 1. The highest BCUT2D eigenvalue weighted by Gasteiger charge is 2.35. The van der Waals surface area contributed by atoms with Gasteiger partial charge in [0.15, 0.2) is 11.3 Å². The highest BCUT2D eigenvalue weighted by molar-refractivity contribution is 7.80. The van der Waals surface area contributed by atoms with Crippen LogP contribution in [0.15, 0.2) is 18.2 Å². The van der Waals surface area contributed by atoms with Crippen molar-refractivity contribution in [3.05, 3.63) is 28.2 Å². The summed E-state index contributed by atoms with van der Waals surface area (Å²) in [7, 11) is 0. The van der Waals surface area contributed by atoms with Crippen molar-refractivity contribution in [2.45, 2.75) is 16.9 Å². The summed E-state index contributed by atoms with van der Waals surface area (Å²) in [6.07, 6.45) is -1.91. The summed E-state index contributed by atoms with van der Waals surface area (Å²) in [5.41, 5.74) is 0.382. The van der Waals surface area contributed by atoms with Gasteiger partial charge >= 0.3 is 6.09 Å². The van der Waals surface area contributed by atoms with Gasteiger partial charge < -0.3 is 15.4 Å². The van der Waals surface area contributed by atoms with Crippen LogP contribution in [0.4, 0.5) is 10.5 Å². The summed E-state index contributed by atoms with van der Waals surface area (Å²) < 4.78 is 2.85. The fraction of sp³-hybridized carbons (Fsp3) is 0.333. The Labute approximate surface area is 163 Å². The van der Waals surface area contributed by atoms with Gasteiger partial charge in [-0.1, -0.05) is 64.1 Å². The number of benzene rings is 1. The third kappa shape index (κ3) is 6.95. The Bertz CT molecular complexity index is 562. The Morgan fingerprint density at radius 2 is 1.83 bits per heavy atom. The fourth-order valence-corrected chi connectivity index (χ4v) is 2.43. The normalized spacial score (nSPS) is 12.3. The van der Waals surface area contributed by atoms with Gasteiger partial charge in [-0.15, -0.1) is 0 Å². The molecule has 11 heteroatoms. The van der Waals surface area contributed by atoms with E-state index in [0.717, 1.165) is 0 Å². The molecule has 1 amide bonds. The summed E-state index contributed by atoms with van der Waals surface area (Å²) >= 11 is 34.6. The largest absolute Gasteiger partial charge is 0.450 e. The number of halogens is 5. The Kier molecular flexibility index (Phi) is 8.27. The molecule has 0 unspecified atom stereocenters. The molecule has 1 aromatic carbocycles. The number of anilines is 1. The van der Waals surface area contributed by atoms with Gasteiger partial charge in [-0.3, -0.25) is 5.32 Å². The molecule has 23 heavy (non-hydrogen) atoms. The molecular weight excluding hydrogens is 427 g/mol. The van der Waals surface area contributed by atoms with E-state index in [0.29, 0.717) is 15.7 Å². The smallest absolute Gasteiger partial charge is 0.408 e. The van der Waals surface area contributed by atoms with Gasteiger partial charge in [0.25, 0.3) is 0 Å². The molecule has 0 heterocycles. The van der Waals surface area contributed by atoms with Crippen molar-refractivity contribution >= 4 is 87.1 Å². The quantitative estimate of drug-likeness (QED) is 0.360. The molecule has 0 aliphatic rings. The van der Waals surface area contributed by atoms with Crippen molar-refractivity contribution in [2.24, 2.45) is 0 Å². The van der Waals surface area contributed by atoms with Crippen molar-refractivity contribution in [3.8, 4) is 0 Å². The lowest BCUT2D eigenvalue weighted by atomic mass is 10.3. The van der Waals surface area contributed by atoms with Crippen LogP contribution in [0.5, 0.6) is 0 Å². The summed E-state index contributed by atoms with van der Waals surface area (Å²) in [6, 6.07) is 4.93. The highest BCUT2D eigenvalue weighted by atomic mass is 35.6. The number of amides is 1. The maximum atomic E-state index is 11.5. The first kappa shape index (κ1) is 20.7. The van der Waals surface area contributed by atoms with Crippen LogP contribution in [0.1, 0.15) is 6.92 Å². The zero-order valence-electron chi connectivity index (χ0n) is 11.6. The SMILES string of the molecule is CCOC(=O)N[C@H](NC(=S)Nc1c(Cl)cccc1Cl)C(Cl)(Cl)Cl. The maximum absolute atomic E-state index is 11.5. The predicted molar refractivity (Wildman–Crippen MR) is 100 cm³/mol. The number of carbonyl (C=O) groups is 1. The molecule has 0 aliphatic carbocycles. The van der Waals surface area contributed by atoms with Crippen LogP contribution >= 0.6 is 70.2 Å². The molecule has 1 atom stereocenters. The van der Waals surface area contributed by atoms with Crippen molar-refractivity contribution in [1.82, 2.24) is 10.6 Å². The van der Waals surface area contributed by atoms with E-state index in [-0.39, 0.29) is 11.7 Å². The first-order valence-electron chi connectivity index (χ1n) is 6.16. The Hall–Kier alpha value is -0.370. The molecule has 128 valence electrons. The molecule has 0 aliphatic heterocycles. The van der Waals surface area contributed by atoms with Gasteiger partial charge in [-0.05, 0) is 31.3 Å². The molecule has 5 nitrogen and oxygen atoms in total. The molecule has 0 saturated carbocycles. The lowest BCUT2D eigenvalue weighted by Gasteiger charge is -2.27. The second-order valence-corrected chi connectivity index (χ2v) is 7.63. The van der Waals surface area contributed by atoms with Crippen LogP contribution in [0.25, 0.3) is 0 Å². The van der Waals surface area contributed by atoms with E-state index in [1.807, 2.05) is 0 Å². The van der Waals surface area contributed by atoms with E-state index in [4.69, 9.17) is 75.0 Å². The van der Waals surface area contributed by atoms with Crippen LogP contribution in [-0.4, -0.2) is 27.8 Å². The number of ether oxygens (including phenoxy) is 1. The number of hydrogen-bond acceptors (Lipinski definition) is 3. The molecule has 0 aromatic heterocycles. The molecule has 0 radical (unpaired) electrons. The molecule has 0 fully saturated rings. The molecule has 0 spiro atoms. The standard InChI is InChI=1S/C12H12Cl5N3O2S/c1-2-22-11(21)20-9(12(15,16)17)19-10(23)18-8-6(13)4-3-5-7(8)14/h3-5,9H,2H2,1H3,(H,20,21)(H2,18,19,23)/t9-/m0/s1. The molecule has 1 aromatic rings. The minimum atomic E-state index is -1.89. The van der Waals surface area contributed by atoms with Gasteiger partial charge in [0.1, 0.15) is 0 Å². The van der Waals surface area contributed by atoms with Gasteiger partial charge in [0, 0.05) is 0 Å². The minimum absolute atomic E-state index is 0.0353. The third-order valence-electron chi connectivity index (χ3n) is 2.34. The summed E-state index contributed by atoms with van der Waals surface area (Å²) in [4.78, 5) is 11.5. The first-order valence-corrected chi connectivity index (χ1v) is 8.46. The van der Waals surface area contributed by atoms with Crippen LogP contribution in [0.2, 0.25) is 10.0 Å². The van der Waals surface area contributed by atoms with E-state index in [1.165, 1.54) is 0 Å². The second kappa shape index (κ2) is 9.20. The molecule has 0 saturated heterocycles. The Morgan fingerprint density at radius 1 is 1.26 bits per heavy atom. The second-order valence-electron chi connectivity index (χ2n) is 4.03. The van der Waals surface area contributed by atoms with Gasteiger partial charge in [-0.25, -0.2) is 4.79 Å². The maximum Gasteiger partial charge on any atom is 0.408 e. The zero-order valence-corrected chi connectivity index (χ0v) is 16.2.